The van der Waals surface area contributed by atoms with Gasteiger partial charge >= 0.3 is 0 Å². The van der Waals surface area contributed by atoms with Crippen molar-refractivity contribution in [3.8, 4) is 11.3 Å². The van der Waals surface area contributed by atoms with Crippen LogP contribution in [0.3, 0.4) is 0 Å². The molecule has 0 spiro atoms. The van der Waals surface area contributed by atoms with Gasteiger partial charge < -0.3 is 14.2 Å². The third-order valence-corrected chi connectivity index (χ3v) is 5.04. The van der Waals surface area contributed by atoms with Crippen LogP contribution >= 0.6 is 0 Å². The molecule has 26 heavy (non-hydrogen) atoms. The van der Waals surface area contributed by atoms with Gasteiger partial charge in [0.15, 0.2) is 11.7 Å². The molecule has 5 nitrogen and oxygen atoms in total. The van der Waals surface area contributed by atoms with Crippen molar-refractivity contribution in [3.63, 3.8) is 0 Å². The van der Waals surface area contributed by atoms with E-state index >= 15 is 0 Å². The maximum atomic E-state index is 12.8. The van der Waals surface area contributed by atoms with Gasteiger partial charge in [0.05, 0.1) is 6.20 Å². The summed E-state index contributed by atoms with van der Waals surface area (Å²) in [5.74, 6) is 1.61. The topological polar surface area (TPSA) is 49.6 Å². The summed E-state index contributed by atoms with van der Waals surface area (Å²) in [7, 11) is 4.10. The molecule has 0 bridgehead atoms. The summed E-state index contributed by atoms with van der Waals surface area (Å²) in [5, 5.41) is 0. The van der Waals surface area contributed by atoms with Crippen molar-refractivity contribution in [1.29, 1.82) is 0 Å². The lowest BCUT2D eigenvalue weighted by atomic mass is 10.1. The Hall–Kier alpha value is -2.14. The highest BCUT2D eigenvalue weighted by Crippen LogP contribution is 2.25. The molecular weight excluding hydrogens is 326 g/mol. The maximum absolute atomic E-state index is 12.8. The number of nitrogens with zero attached hydrogens (tertiary/aromatic N) is 3. The molecule has 0 aliphatic heterocycles. The number of carbonyl (C=O) groups is 1. The monoisotopic (exact) mass is 355 g/mol. The Morgan fingerprint density at radius 3 is 2.58 bits per heavy atom. The second kappa shape index (κ2) is 8.99. The van der Waals surface area contributed by atoms with Crippen LogP contribution in [0.2, 0.25) is 0 Å². The molecule has 0 radical (unpaired) electrons. The Kier molecular flexibility index (Phi) is 6.45. The zero-order valence-electron chi connectivity index (χ0n) is 15.9. The second-order valence-corrected chi connectivity index (χ2v) is 7.31. The molecule has 0 unspecified atom stereocenters. The van der Waals surface area contributed by atoms with Gasteiger partial charge in [-0.2, -0.15) is 0 Å². The third-order valence-electron chi connectivity index (χ3n) is 5.04. The van der Waals surface area contributed by atoms with Crippen LogP contribution < -0.4 is 0 Å². The molecule has 1 aromatic heterocycles. The van der Waals surface area contributed by atoms with Crippen molar-refractivity contribution in [2.45, 2.75) is 44.6 Å². The number of aromatic nitrogens is 1. The quantitative estimate of drug-likeness (QED) is 0.726. The van der Waals surface area contributed by atoms with E-state index in [1.165, 1.54) is 12.8 Å². The van der Waals surface area contributed by atoms with E-state index in [4.69, 9.17) is 4.42 Å². The zero-order chi connectivity index (χ0) is 18.4. The lowest BCUT2D eigenvalue weighted by Crippen LogP contribution is -2.42. The van der Waals surface area contributed by atoms with Crippen LogP contribution in [0, 0.1) is 0 Å². The van der Waals surface area contributed by atoms with Crippen LogP contribution in [0.4, 0.5) is 0 Å². The second-order valence-electron chi connectivity index (χ2n) is 7.31. The van der Waals surface area contributed by atoms with Crippen molar-refractivity contribution in [1.82, 2.24) is 14.8 Å². The third kappa shape index (κ3) is 4.94. The van der Waals surface area contributed by atoms with Crippen LogP contribution in [0.25, 0.3) is 11.3 Å². The Morgan fingerprint density at radius 1 is 1.15 bits per heavy atom. The number of carbonyl (C=O) groups excluding carboxylic acids is 1. The van der Waals surface area contributed by atoms with E-state index in [0.717, 1.165) is 37.3 Å². The van der Waals surface area contributed by atoms with Gasteiger partial charge in [-0.15, -0.1) is 0 Å². The molecule has 1 saturated carbocycles. The van der Waals surface area contributed by atoms with Crippen LogP contribution in [0.1, 0.15) is 38.0 Å². The van der Waals surface area contributed by atoms with Crippen molar-refractivity contribution in [2.24, 2.45) is 0 Å². The van der Waals surface area contributed by atoms with Crippen molar-refractivity contribution in [2.75, 3.05) is 27.2 Å². The van der Waals surface area contributed by atoms with E-state index < -0.39 is 0 Å². The van der Waals surface area contributed by atoms with Crippen LogP contribution in [0.5, 0.6) is 0 Å². The fourth-order valence-electron chi connectivity index (χ4n) is 3.55. The van der Waals surface area contributed by atoms with Gasteiger partial charge in [-0.3, -0.25) is 4.79 Å². The highest BCUT2D eigenvalue weighted by atomic mass is 16.4. The lowest BCUT2D eigenvalue weighted by molar-refractivity contribution is -0.133. The normalized spacial score (nSPS) is 14.9. The summed E-state index contributed by atoms with van der Waals surface area (Å²) in [6.07, 6.45) is 7.49. The Balaban J connectivity index is 1.58. The average Bonchev–Trinajstić information content (AvgIpc) is 3.33. The molecule has 1 aromatic carbocycles. The molecule has 1 heterocycles. The molecule has 0 saturated heterocycles. The number of amides is 1. The first kappa shape index (κ1) is 18.6. The van der Waals surface area contributed by atoms with Crippen molar-refractivity contribution in [3.05, 3.63) is 42.4 Å². The molecular formula is C21H29N3O2. The molecule has 3 rings (SSSR count). The van der Waals surface area contributed by atoms with E-state index in [0.29, 0.717) is 24.8 Å². The predicted octanol–water partition coefficient (Wildman–Crippen LogP) is 3.61. The molecule has 1 amide bonds. The Bertz CT molecular complexity index is 690. The molecule has 2 aromatic rings. The van der Waals surface area contributed by atoms with Crippen LogP contribution in [-0.4, -0.2) is 53.9 Å². The van der Waals surface area contributed by atoms with E-state index in [2.05, 4.69) is 28.9 Å². The first-order valence-corrected chi connectivity index (χ1v) is 9.58. The lowest BCUT2D eigenvalue weighted by Gasteiger charge is -2.30. The Morgan fingerprint density at radius 2 is 1.88 bits per heavy atom. The number of benzene rings is 1. The zero-order valence-corrected chi connectivity index (χ0v) is 15.9. The number of rotatable bonds is 8. The summed E-state index contributed by atoms with van der Waals surface area (Å²) in [5.41, 5.74) is 1.01. The summed E-state index contributed by atoms with van der Waals surface area (Å²) < 4.78 is 5.83. The molecule has 5 heteroatoms. The molecule has 1 aliphatic rings. The van der Waals surface area contributed by atoms with Crippen molar-refractivity contribution < 1.29 is 9.21 Å². The smallest absolute Gasteiger partial charge is 0.223 e. The molecule has 140 valence electrons. The fraction of sp³-hybridized carbons (Fsp3) is 0.524. The minimum atomic E-state index is 0.221. The highest BCUT2D eigenvalue weighted by Gasteiger charge is 2.26. The average molecular weight is 355 g/mol. The number of hydrogen-bond acceptors (Lipinski definition) is 4. The molecule has 0 N–H and O–H groups in total. The fourth-order valence-corrected chi connectivity index (χ4v) is 3.55. The summed E-state index contributed by atoms with van der Waals surface area (Å²) >= 11 is 0. The minimum absolute atomic E-state index is 0.221. The minimum Gasteiger partial charge on any atom is -0.441 e. The van der Waals surface area contributed by atoms with Gasteiger partial charge in [0, 0.05) is 37.5 Å². The predicted molar refractivity (Wildman–Crippen MR) is 103 cm³/mol. The van der Waals surface area contributed by atoms with E-state index in [1.54, 1.807) is 6.20 Å². The SMILES string of the molecule is CN(C)CCN(C(=O)CCc1ncc(-c2ccccc2)o1)C1CCCC1. The number of hydrogen-bond donors (Lipinski definition) is 0. The molecule has 0 atom stereocenters. The van der Waals surface area contributed by atoms with Crippen molar-refractivity contribution >= 4 is 5.91 Å². The van der Waals surface area contributed by atoms with Gasteiger partial charge in [-0.05, 0) is 26.9 Å². The van der Waals surface area contributed by atoms with Gasteiger partial charge in [0.1, 0.15) is 0 Å². The first-order chi connectivity index (χ1) is 12.6. The molecule has 1 aliphatic carbocycles. The Labute approximate surface area is 156 Å². The summed E-state index contributed by atoms with van der Waals surface area (Å²) in [4.78, 5) is 21.4. The first-order valence-electron chi connectivity index (χ1n) is 9.58. The van der Waals surface area contributed by atoms with Gasteiger partial charge in [-0.1, -0.05) is 43.2 Å². The van der Waals surface area contributed by atoms with E-state index in [-0.39, 0.29) is 5.91 Å². The highest BCUT2D eigenvalue weighted by molar-refractivity contribution is 5.76. The van der Waals surface area contributed by atoms with Crippen LogP contribution in [-0.2, 0) is 11.2 Å². The number of likely N-dealkylation sites (N-methyl/N-ethyl adjacent to an activating group) is 1. The summed E-state index contributed by atoms with van der Waals surface area (Å²) in [6.45, 7) is 1.71. The van der Waals surface area contributed by atoms with E-state index in [9.17, 15) is 4.79 Å². The molecule has 1 fully saturated rings. The van der Waals surface area contributed by atoms with Crippen LogP contribution in [0.15, 0.2) is 40.9 Å². The largest absolute Gasteiger partial charge is 0.441 e. The van der Waals surface area contributed by atoms with Gasteiger partial charge in [-0.25, -0.2) is 4.98 Å². The maximum Gasteiger partial charge on any atom is 0.223 e. The van der Waals surface area contributed by atoms with Gasteiger partial charge in [0.25, 0.3) is 0 Å². The van der Waals surface area contributed by atoms with Gasteiger partial charge in [0.2, 0.25) is 5.91 Å². The van der Waals surface area contributed by atoms with E-state index in [1.807, 2.05) is 30.3 Å². The summed E-state index contributed by atoms with van der Waals surface area (Å²) in [6, 6.07) is 10.3. The number of aryl methyl sites for hydroxylation is 1. The number of oxazole rings is 1. The standard InChI is InChI=1S/C21H29N3O2/c1-23(2)14-15-24(18-10-6-7-11-18)21(25)13-12-20-22-16-19(26-20)17-8-4-3-5-9-17/h3-5,8-9,16,18H,6-7,10-15H2,1-2H3.